The molecule has 0 aromatic carbocycles. The second kappa shape index (κ2) is 8.55. The summed E-state index contributed by atoms with van der Waals surface area (Å²) >= 11 is 7.62. The highest BCUT2D eigenvalue weighted by Crippen LogP contribution is 2.34. The second-order valence-corrected chi connectivity index (χ2v) is 8.86. The predicted molar refractivity (Wildman–Crippen MR) is 104 cm³/mol. The SMILES string of the molecule is CC[C@@](I)(CI)CC1=C/C/C=C(/I)CC/C=C\1. The molecule has 0 nitrogen and oxygen atoms in total. The first-order valence-electron chi connectivity index (χ1n) is 6.04. The van der Waals surface area contributed by atoms with Gasteiger partial charge in [-0.2, -0.15) is 0 Å². The molecule has 0 radical (unpaired) electrons. The summed E-state index contributed by atoms with van der Waals surface area (Å²) < 4.78 is 3.15. The van der Waals surface area contributed by atoms with Crippen LogP contribution in [0, 0.1) is 0 Å². The molecule has 3 heteroatoms. The summed E-state index contributed by atoms with van der Waals surface area (Å²) in [6, 6.07) is 0. The van der Waals surface area contributed by atoms with Crippen molar-refractivity contribution in [1.29, 1.82) is 0 Å². The molecule has 0 aliphatic heterocycles. The standard InChI is InChI=1S/C14H19I3/c1-2-14(17,11-15)10-12-6-3-4-8-13(16)9-5-7-12/h3,6-7,9H,2,4-5,8,10-11H2,1H3/b6-3-,12-7+,13-9+/t14-/m0/s1. The van der Waals surface area contributed by atoms with Gasteiger partial charge < -0.3 is 0 Å². The quantitative estimate of drug-likeness (QED) is 0.273. The van der Waals surface area contributed by atoms with E-state index in [2.05, 4.69) is 99.0 Å². The normalized spacial score (nSPS) is 28.7. The van der Waals surface area contributed by atoms with Crippen LogP contribution in [0.3, 0.4) is 0 Å². The van der Waals surface area contributed by atoms with Crippen LogP contribution < -0.4 is 0 Å². The molecular weight excluding hydrogens is 549 g/mol. The van der Waals surface area contributed by atoms with Crippen LogP contribution in [0.4, 0.5) is 0 Å². The van der Waals surface area contributed by atoms with Gasteiger partial charge in [-0.15, -0.1) is 0 Å². The van der Waals surface area contributed by atoms with Gasteiger partial charge in [0.2, 0.25) is 0 Å². The van der Waals surface area contributed by atoms with Crippen LogP contribution in [0.25, 0.3) is 0 Å². The molecule has 0 bridgehead atoms. The maximum atomic E-state index is 2.64. The zero-order chi connectivity index (χ0) is 12.7. The molecule has 0 spiro atoms. The molecule has 1 aliphatic rings. The van der Waals surface area contributed by atoms with Gasteiger partial charge in [0, 0.05) is 7.85 Å². The number of allylic oxidation sites excluding steroid dienone is 6. The first-order chi connectivity index (χ1) is 8.09. The van der Waals surface area contributed by atoms with E-state index >= 15 is 0 Å². The number of hydrogen-bond acceptors (Lipinski definition) is 0. The third-order valence-electron chi connectivity index (χ3n) is 3.00. The lowest BCUT2D eigenvalue weighted by Gasteiger charge is -2.24. The van der Waals surface area contributed by atoms with Gasteiger partial charge in [0.05, 0.1) is 0 Å². The fourth-order valence-corrected chi connectivity index (χ4v) is 3.54. The molecule has 0 heterocycles. The average Bonchev–Trinajstić information content (AvgIpc) is 2.42. The van der Waals surface area contributed by atoms with Crippen LogP contribution in [-0.4, -0.2) is 7.85 Å². The number of hydrogen-bond donors (Lipinski definition) is 0. The summed E-state index contributed by atoms with van der Waals surface area (Å²) in [5.41, 5.74) is 1.51. The van der Waals surface area contributed by atoms with Gasteiger partial charge in [-0.25, -0.2) is 0 Å². The van der Waals surface area contributed by atoms with Crippen molar-refractivity contribution in [2.45, 2.75) is 42.4 Å². The Balaban J connectivity index is 2.74. The van der Waals surface area contributed by atoms with Crippen LogP contribution in [-0.2, 0) is 0 Å². The van der Waals surface area contributed by atoms with E-state index in [9.17, 15) is 0 Å². The smallest absolute Gasteiger partial charge is 0.0349 e. The summed E-state index contributed by atoms with van der Waals surface area (Å²) in [6.45, 7) is 2.30. The van der Waals surface area contributed by atoms with Crippen LogP contribution in [0.5, 0.6) is 0 Å². The van der Waals surface area contributed by atoms with Crippen LogP contribution in [0.15, 0.2) is 33.5 Å². The average molecular weight is 568 g/mol. The van der Waals surface area contributed by atoms with Gasteiger partial charge in [0.25, 0.3) is 0 Å². The van der Waals surface area contributed by atoms with Crippen LogP contribution in [0.1, 0.15) is 39.0 Å². The van der Waals surface area contributed by atoms with Crippen molar-refractivity contribution in [2.24, 2.45) is 0 Å². The van der Waals surface area contributed by atoms with E-state index in [0.29, 0.717) is 3.42 Å². The largest absolute Gasteiger partial charge is 0.0849 e. The highest BCUT2D eigenvalue weighted by atomic mass is 127. The highest BCUT2D eigenvalue weighted by molar-refractivity contribution is 14.1. The minimum Gasteiger partial charge on any atom is -0.0849 e. The summed E-state index contributed by atoms with van der Waals surface area (Å²) in [7, 11) is 0. The molecule has 0 amide bonds. The minimum atomic E-state index is 0.430. The molecule has 0 N–H and O–H groups in total. The third kappa shape index (κ3) is 6.40. The lowest BCUT2D eigenvalue weighted by Crippen LogP contribution is -2.21. The Morgan fingerprint density at radius 1 is 1.35 bits per heavy atom. The molecule has 96 valence electrons. The molecule has 0 saturated heterocycles. The van der Waals surface area contributed by atoms with E-state index in [-0.39, 0.29) is 0 Å². The Labute approximate surface area is 146 Å². The Hall–Kier alpha value is 1.41. The van der Waals surface area contributed by atoms with E-state index in [1.54, 1.807) is 0 Å². The molecule has 0 unspecified atom stereocenters. The lowest BCUT2D eigenvalue weighted by atomic mass is 9.97. The van der Waals surface area contributed by atoms with Crippen LogP contribution >= 0.6 is 67.8 Å². The first-order valence-corrected chi connectivity index (χ1v) is 9.73. The molecule has 1 atom stereocenters. The molecule has 0 fully saturated rings. The fourth-order valence-electron chi connectivity index (χ4n) is 1.73. The molecule has 1 rings (SSSR count). The lowest BCUT2D eigenvalue weighted by molar-refractivity contribution is 0.667. The zero-order valence-corrected chi connectivity index (χ0v) is 16.7. The Morgan fingerprint density at radius 2 is 2.12 bits per heavy atom. The van der Waals surface area contributed by atoms with Crippen LogP contribution in [0.2, 0.25) is 0 Å². The number of rotatable bonds is 4. The van der Waals surface area contributed by atoms with Crippen molar-refractivity contribution < 1.29 is 0 Å². The van der Waals surface area contributed by atoms with E-state index in [4.69, 9.17) is 0 Å². The van der Waals surface area contributed by atoms with Crippen molar-refractivity contribution in [2.75, 3.05) is 4.43 Å². The minimum absolute atomic E-state index is 0.430. The van der Waals surface area contributed by atoms with Crippen molar-refractivity contribution in [3.05, 3.63) is 33.5 Å². The van der Waals surface area contributed by atoms with Gasteiger partial charge in [-0.1, -0.05) is 82.0 Å². The Kier molecular flexibility index (Phi) is 8.29. The zero-order valence-electron chi connectivity index (χ0n) is 10.2. The molecule has 0 aromatic heterocycles. The van der Waals surface area contributed by atoms with Crippen molar-refractivity contribution >= 4 is 67.8 Å². The molecular formula is C14H19I3. The maximum Gasteiger partial charge on any atom is 0.0349 e. The van der Waals surface area contributed by atoms with Gasteiger partial charge in [-0.3, -0.25) is 0 Å². The van der Waals surface area contributed by atoms with E-state index in [1.807, 2.05) is 0 Å². The monoisotopic (exact) mass is 568 g/mol. The van der Waals surface area contributed by atoms with E-state index < -0.39 is 0 Å². The molecule has 1 aliphatic carbocycles. The first kappa shape index (κ1) is 16.5. The number of alkyl halides is 2. The van der Waals surface area contributed by atoms with Gasteiger partial charge in [0.15, 0.2) is 0 Å². The second-order valence-electron chi connectivity index (χ2n) is 4.42. The maximum absolute atomic E-state index is 2.64. The Morgan fingerprint density at radius 3 is 2.76 bits per heavy atom. The van der Waals surface area contributed by atoms with Crippen molar-refractivity contribution in [3.8, 4) is 0 Å². The number of halogens is 3. The van der Waals surface area contributed by atoms with Gasteiger partial charge >= 0.3 is 0 Å². The summed E-state index contributed by atoms with van der Waals surface area (Å²) in [5.74, 6) is 0. The predicted octanol–water partition coefficient (Wildman–Crippen LogP) is 6.38. The Bertz CT molecular complexity index is 322. The van der Waals surface area contributed by atoms with Gasteiger partial charge in [-0.05, 0) is 58.3 Å². The van der Waals surface area contributed by atoms with E-state index in [1.165, 1.54) is 39.3 Å². The fraction of sp³-hybridized carbons (Fsp3) is 0.571. The molecule has 17 heavy (non-hydrogen) atoms. The van der Waals surface area contributed by atoms with Gasteiger partial charge in [0.1, 0.15) is 0 Å². The summed E-state index contributed by atoms with van der Waals surface area (Å²) in [4.78, 5) is 0. The summed E-state index contributed by atoms with van der Waals surface area (Å²) in [5, 5.41) is 0. The van der Waals surface area contributed by atoms with E-state index in [0.717, 1.165) is 6.42 Å². The summed E-state index contributed by atoms with van der Waals surface area (Å²) in [6.07, 6.45) is 15.4. The third-order valence-corrected chi connectivity index (χ3v) is 8.42. The molecule has 0 saturated carbocycles. The van der Waals surface area contributed by atoms with Crippen molar-refractivity contribution in [3.63, 3.8) is 0 Å². The highest BCUT2D eigenvalue weighted by Gasteiger charge is 2.23. The van der Waals surface area contributed by atoms with Crippen molar-refractivity contribution in [1.82, 2.24) is 0 Å². The topological polar surface area (TPSA) is 0 Å². The molecule has 0 aromatic rings.